The second-order valence-electron chi connectivity index (χ2n) is 5.07. The number of nitrogens with one attached hydrogen (secondary N) is 2. The number of aryl methyl sites for hydroxylation is 1. The quantitative estimate of drug-likeness (QED) is 0.701. The fourth-order valence-corrected chi connectivity index (χ4v) is 2.29. The summed E-state index contributed by atoms with van der Waals surface area (Å²) in [6.07, 6.45) is 1.56. The molecule has 0 fully saturated rings. The molecule has 2 aromatic carbocycles. The number of hydrogen-bond donors (Lipinski definition) is 2. The Morgan fingerprint density at radius 2 is 1.79 bits per heavy atom. The summed E-state index contributed by atoms with van der Waals surface area (Å²) < 4.78 is 1.05. The van der Waals surface area contributed by atoms with Gasteiger partial charge >= 0.3 is 0 Å². The van der Waals surface area contributed by atoms with E-state index >= 15 is 0 Å². The summed E-state index contributed by atoms with van der Waals surface area (Å²) in [5.74, 6) is 0.960. The summed E-state index contributed by atoms with van der Waals surface area (Å²) in [7, 11) is 0. The third-order valence-corrected chi connectivity index (χ3v) is 4.15. The van der Waals surface area contributed by atoms with E-state index in [0.29, 0.717) is 17.3 Å². The number of hydrogen-bond acceptors (Lipinski definition) is 6. The lowest BCUT2D eigenvalue weighted by Crippen LogP contribution is -2.02. The van der Waals surface area contributed by atoms with Crippen LogP contribution in [0.15, 0.2) is 53.1 Å². The minimum absolute atomic E-state index is 0.374. The summed E-state index contributed by atoms with van der Waals surface area (Å²) in [5.41, 5.74) is 3.42. The Labute approximate surface area is 147 Å². The summed E-state index contributed by atoms with van der Waals surface area (Å²) in [4.78, 5) is 4.39. The van der Waals surface area contributed by atoms with E-state index in [9.17, 15) is 0 Å². The molecule has 118 valence electrons. The van der Waals surface area contributed by atoms with Crippen molar-refractivity contribution < 1.29 is 0 Å². The minimum Gasteiger partial charge on any atom is -0.339 e. The molecule has 0 saturated heterocycles. The first kappa shape index (κ1) is 15.9. The Kier molecular flexibility index (Phi) is 4.68. The van der Waals surface area contributed by atoms with E-state index in [0.717, 1.165) is 21.4 Å². The van der Waals surface area contributed by atoms with Crippen LogP contribution in [0.2, 0.25) is 0 Å². The second kappa shape index (κ2) is 7.06. The highest BCUT2D eigenvalue weighted by molar-refractivity contribution is 9.10. The van der Waals surface area contributed by atoms with Crippen molar-refractivity contribution in [1.82, 2.24) is 15.2 Å². The Bertz CT molecular complexity index is 902. The Morgan fingerprint density at radius 1 is 1.04 bits per heavy atom. The van der Waals surface area contributed by atoms with E-state index < -0.39 is 0 Å². The molecule has 0 aliphatic rings. The zero-order valence-electron chi connectivity index (χ0n) is 12.8. The average Bonchev–Trinajstić information content (AvgIpc) is 2.59. The van der Waals surface area contributed by atoms with Crippen LogP contribution in [0.3, 0.4) is 0 Å². The lowest BCUT2D eigenvalue weighted by Gasteiger charge is -2.09. The highest BCUT2D eigenvalue weighted by Gasteiger charge is 2.03. The lowest BCUT2D eigenvalue weighted by molar-refractivity contribution is 0.982. The van der Waals surface area contributed by atoms with Gasteiger partial charge in [-0.1, -0.05) is 15.9 Å². The normalized spacial score (nSPS) is 10.0. The van der Waals surface area contributed by atoms with Gasteiger partial charge in [-0.15, -0.1) is 5.10 Å². The van der Waals surface area contributed by atoms with Gasteiger partial charge in [0.1, 0.15) is 0 Å². The molecule has 2 N–H and O–H groups in total. The van der Waals surface area contributed by atoms with Crippen molar-refractivity contribution in [2.75, 3.05) is 10.6 Å². The minimum atomic E-state index is 0.374. The summed E-state index contributed by atoms with van der Waals surface area (Å²) in [6, 6.07) is 15.1. The highest BCUT2D eigenvalue weighted by atomic mass is 79.9. The maximum Gasteiger partial charge on any atom is 0.249 e. The average molecular weight is 381 g/mol. The van der Waals surface area contributed by atoms with Gasteiger partial charge in [0.15, 0.2) is 5.82 Å². The molecule has 1 heterocycles. The molecule has 0 aliphatic carbocycles. The van der Waals surface area contributed by atoms with Gasteiger partial charge in [-0.05, 0) is 55.0 Å². The number of anilines is 4. The van der Waals surface area contributed by atoms with Crippen molar-refractivity contribution in [2.24, 2.45) is 0 Å². The molecule has 0 radical (unpaired) electrons. The zero-order chi connectivity index (χ0) is 16.9. The van der Waals surface area contributed by atoms with Crippen LogP contribution < -0.4 is 10.6 Å². The number of rotatable bonds is 4. The van der Waals surface area contributed by atoms with Gasteiger partial charge in [0.2, 0.25) is 5.95 Å². The van der Waals surface area contributed by atoms with E-state index in [2.05, 4.69) is 47.8 Å². The number of aromatic nitrogens is 3. The van der Waals surface area contributed by atoms with Gasteiger partial charge < -0.3 is 10.6 Å². The number of halogens is 1. The van der Waals surface area contributed by atoms with Crippen LogP contribution in [0, 0.1) is 18.3 Å². The molecule has 0 amide bonds. The van der Waals surface area contributed by atoms with Crippen molar-refractivity contribution >= 4 is 39.1 Å². The highest BCUT2D eigenvalue weighted by Crippen LogP contribution is 2.22. The van der Waals surface area contributed by atoms with Crippen molar-refractivity contribution in [3.8, 4) is 6.07 Å². The fourth-order valence-electron chi connectivity index (χ4n) is 2.04. The molecule has 3 aromatic rings. The predicted octanol–water partition coefficient (Wildman–Crippen LogP) is 4.30. The van der Waals surface area contributed by atoms with Crippen LogP contribution in [0.1, 0.15) is 11.1 Å². The fraction of sp³-hybridized carbons (Fsp3) is 0.0588. The molecular formula is C17H13BrN6. The van der Waals surface area contributed by atoms with E-state index in [1.807, 2.05) is 25.1 Å². The molecule has 0 unspecified atom stereocenters. The molecule has 0 spiro atoms. The second-order valence-corrected chi connectivity index (χ2v) is 5.92. The number of benzene rings is 2. The van der Waals surface area contributed by atoms with Crippen molar-refractivity contribution in [2.45, 2.75) is 6.92 Å². The van der Waals surface area contributed by atoms with Crippen molar-refractivity contribution in [1.29, 1.82) is 5.26 Å². The van der Waals surface area contributed by atoms with E-state index in [1.165, 1.54) is 0 Å². The monoisotopic (exact) mass is 380 g/mol. The largest absolute Gasteiger partial charge is 0.339 e. The molecule has 0 atom stereocenters. The Hall–Kier alpha value is -2.98. The van der Waals surface area contributed by atoms with Gasteiger partial charge in [0.05, 0.1) is 17.8 Å². The van der Waals surface area contributed by atoms with Gasteiger partial charge in [-0.2, -0.15) is 15.3 Å². The SMILES string of the molecule is Cc1cc(Nc2cnnc(Nc3ccc(C#N)cc3)n2)ccc1Br. The molecule has 0 bridgehead atoms. The van der Waals surface area contributed by atoms with Crippen LogP contribution >= 0.6 is 15.9 Å². The van der Waals surface area contributed by atoms with Gasteiger partial charge in [-0.3, -0.25) is 0 Å². The van der Waals surface area contributed by atoms with Crippen LogP contribution in [0.5, 0.6) is 0 Å². The molecule has 3 rings (SSSR count). The standard InChI is InChI=1S/C17H13BrN6/c1-11-8-14(6-7-15(11)18)21-16-10-20-24-17(23-16)22-13-4-2-12(9-19)3-5-13/h2-8,10H,1H3,(H2,21,22,23,24). The summed E-state index contributed by atoms with van der Waals surface area (Å²) >= 11 is 3.48. The number of nitrogens with zero attached hydrogens (tertiary/aromatic N) is 4. The molecular weight excluding hydrogens is 368 g/mol. The van der Waals surface area contributed by atoms with Crippen LogP contribution in [0.25, 0.3) is 0 Å². The smallest absolute Gasteiger partial charge is 0.249 e. The zero-order valence-corrected chi connectivity index (χ0v) is 14.4. The van der Waals surface area contributed by atoms with E-state index in [4.69, 9.17) is 5.26 Å². The summed E-state index contributed by atoms with van der Waals surface area (Å²) in [5, 5.41) is 23.0. The third-order valence-electron chi connectivity index (χ3n) is 3.26. The Balaban J connectivity index is 1.75. The van der Waals surface area contributed by atoms with Crippen molar-refractivity contribution in [3.63, 3.8) is 0 Å². The lowest BCUT2D eigenvalue weighted by atomic mass is 10.2. The molecule has 0 saturated carbocycles. The third kappa shape index (κ3) is 3.86. The molecule has 24 heavy (non-hydrogen) atoms. The number of nitriles is 1. The van der Waals surface area contributed by atoms with Crippen LogP contribution in [-0.2, 0) is 0 Å². The predicted molar refractivity (Wildman–Crippen MR) is 96.4 cm³/mol. The first-order valence-corrected chi connectivity index (χ1v) is 7.93. The van der Waals surface area contributed by atoms with Gasteiger partial charge in [0, 0.05) is 15.8 Å². The van der Waals surface area contributed by atoms with E-state index in [-0.39, 0.29) is 0 Å². The van der Waals surface area contributed by atoms with Crippen LogP contribution in [-0.4, -0.2) is 15.2 Å². The maximum atomic E-state index is 8.82. The van der Waals surface area contributed by atoms with E-state index in [1.54, 1.807) is 30.5 Å². The van der Waals surface area contributed by atoms with Crippen LogP contribution in [0.4, 0.5) is 23.1 Å². The summed E-state index contributed by atoms with van der Waals surface area (Å²) in [6.45, 7) is 2.02. The molecule has 1 aromatic heterocycles. The van der Waals surface area contributed by atoms with Gasteiger partial charge in [0.25, 0.3) is 0 Å². The van der Waals surface area contributed by atoms with Gasteiger partial charge in [-0.25, -0.2) is 0 Å². The Morgan fingerprint density at radius 3 is 2.50 bits per heavy atom. The van der Waals surface area contributed by atoms with Crippen molar-refractivity contribution in [3.05, 3.63) is 64.3 Å². The molecule has 6 nitrogen and oxygen atoms in total. The first-order valence-electron chi connectivity index (χ1n) is 7.14. The maximum absolute atomic E-state index is 8.82. The molecule has 0 aliphatic heterocycles. The first-order chi connectivity index (χ1) is 11.6. The topological polar surface area (TPSA) is 86.5 Å². The molecule has 7 heteroatoms.